The highest BCUT2D eigenvalue weighted by atomic mass is 32.2. The van der Waals surface area contributed by atoms with Crippen LogP contribution in [0.25, 0.3) is 0 Å². The lowest BCUT2D eigenvalue weighted by Gasteiger charge is -2.53. The number of carbonyl (C=O) groups excluding carboxylic acids is 2. The number of hydrogen-bond acceptors (Lipinski definition) is 7. The quantitative estimate of drug-likeness (QED) is 0.527. The van der Waals surface area contributed by atoms with Crippen LogP contribution >= 0.6 is 23.5 Å². The zero-order valence-corrected chi connectivity index (χ0v) is 18.1. The lowest BCUT2D eigenvalue weighted by molar-refractivity contribution is -0.152. The van der Waals surface area contributed by atoms with Gasteiger partial charge in [0.15, 0.2) is 0 Å². The van der Waals surface area contributed by atoms with Crippen molar-refractivity contribution in [2.24, 2.45) is 0 Å². The second-order valence-corrected chi connectivity index (χ2v) is 9.95. The van der Waals surface area contributed by atoms with Crippen LogP contribution in [0.1, 0.15) is 11.1 Å². The van der Waals surface area contributed by atoms with Crippen molar-refractivity contribution in [2.75, 3.05) is 12.3 Å². The number of pyridine rings is 1. The predicted molar refractivity (Wildman–Crippen MR) is 116 cm³/mol. The van der Waals surface area contributed by atoms with Gasteiger partial charge in [-0.05, 0) is 11.6 Å². The second kappa shape index (κ2) is 8.89. The average Bonchev–Trinajstić information content (AvgIpc) is 2.78. The third-order valence-corrected chi connectivity index (χ3v) is 8.47. The van der Waals surface area contributed by atoms with Crippen LogP contribution in [0.2, 0.25) is 0 Å². The van der Waals surface area contributed by atoms with Crippen molar-refractivity contribution >= 4 is 41.3 Å². The number of fused-ring (bicyclic) bond motifs is 1. The van der Waals surface area contributed by atoms with Gasteiger partial charge in [-0.1, -0.05) is 30.3 Å². The molecule has 10 heteroatoms. The standard InChI is InChI=1S/C21H21N3O5S2/c25-10-14-9-22-7-6-15(14)31-21(20(28)29)11-24-18(27)17(19(24)30-12-21)23-16(26)8-13-4-2-1-3-5-13/h1-7,9,17,19,25H,8,10-12H2,(H,23,26)(H,28,29)/t17-,19-,21?/m1/s1. The molecule has 0 aliphatic carbocycles. The first-order valence-electron chi connectivity index (χ1n) is 9.65. The van der Waals surface area contributed by atoms with Crippen LogP contribution in [0.5, 0.6) is 0 Å². The van der Waals surface area contributed by atoms with Crippen molar-refractivity contribution in [3.8, 4) is 0 Å². The summed E-state index contributed by atoms with van der Waals surface area (Å²) >= 11 is 2.48. The molecule has 2 amide bonds. The molecule has 1 aromatic carbocycles. The average molecular weight is 460 g/mol. The number of thioether (sulfide) groups is 2. The Kier molecular flexibility index (Phi) is 6.22. The van der Waals surface area contributed by atoms with Gasteiger partial charge in [0.05, 0.1) is 13.0 Å². The molecule has 0 radical (unpaired) electrons. The van der Waals surface area contributed by atoms with Gasteiger partial charge in [0.25, 0.3) is 0 Å². The molecule has 1 aromatic heterocycles. The third-order valence-electron chi connectivity index (χ3n) is 5.30. The third kappa shape index (κ3) is 4.28. The molecular weight excluding hydrogens is 438 g/mol. The maximum Gasteiger partial charge on any atom is 0.322 e. The number of nitrogens with one attached hydrogen (secondary N) is 1. The normalized spacial score (nSPS) is 24.8. The molecule has 8 nitrogen and oxygen atoms in total. The molecule has 4 rings (SSSR count). The van der Waals surface area contributed by atoms with E-state index >= 15 is 0 Å². The molecule has 31 heavy (non-hydrogen) atoms. The van der Waals surface area contributed by atoms with Crippen LogP contribution in [0, 0.1) is 0 Å². The Balaban J connectivity index is 1.43. The first-order chi connectivity index (χ1) is 14.9. The van der Waals surface area contributed by atoms with E-state index < -0.39 is 16.8 Å². The molecule has 3 heterocycles. The number of aromatic nitrogens is 1. The predicted octanol–water partition coefficient (Wildman–Crippen LogP) is 1.13. The van der Waals surface area contributed by atoms with Crippen LogP contribution in [0.4, 0.5) is 0 Å². The van der Waals surface area contributed by atoms with Crippen molar-refractivity contribution in [3.63, 3.8) is 0 Å². The van der Waals surface area contributed by atoms with Crippen molar-refractivity contribution in [2.45, 2.75) is 34.1 Å². The van der Waals surface area contributed by atoms with E-state index in [-0.39, 0.29) is 42.5 Å². The number of benzene rings is 1. The molecule has 2 saturated heterocycles. The van der Waals surface area contributed by atoms with E-state index in [0.29, 0.717) is 10.5 Å². The van der Waals surface area contributed by atoms with Crippen molar-refractivity contribution < 1.29 is 24.6 Å². The smallest absolute Gasteiger partial charge is 0.322 e. The number of carboxylic acid groups (broad SMARTS) is 1. The van der Waals surface area contributed by atoms with Gasteiger partial charge in [0.1, 0.15) is 16.2 Å². The van der Waals surface area contributed by atoms with Crippen LogP contribution in [-0.2, 0) is 27.4 Å². The summed E-state index contributed by atoms with van der Waals surface area (Å²) in [6, 6.07) is 10.3. The fraction of sp³-hybridized carbons (Fsp3) is 0.333. The number of β-lactam (4-membered cyclic amide) rings is 1. The summed E-state index contributed by atoms with van der Waals surface area (Å²) in [5.41, 5.74) is 1.40. The van der Waals surface area contributed by atoms with E-state index in [9.17, 15) is 24.6 Å². The van der Waals surface area contributed by atoms with Crippen LogP contribution in [-0.4, -0.2) is 66.3 Å². The minimum absolute atomic E-state index is 0.0295. The number of carboxylic acids is 1. The van der Waals surface area contributed by atoms with E-state index in [1.54, 1.807) is 12.3 Å². The van der Waals surface area contributed by atoms with Gasteiger partial charge in [-0.15, -0.1) is 23.5 Å². The van der Waals surface area contributed by atoms with Gasteiger partial charge in [0, 0.05) is 35.2 Å². The molecule has 0 bridgehead atoms. The number of aliphatic hydroxyl groups excluding tert-OH is 1. The number of aliphatic hydroxyl groups is 1. The summed E-state index contributed by atoms with van der Waals surface area (Å²) in [6.45, 7) is -0.221. The first-order valence-corrected chi connectivity index (χ1v) is 11.5. The maximum atomic E-state index is 12.7. The Morgan fingerprint density at radius 1 is 1.29 bits per heavy atom. The van der Waals surface area contributed by atoms with Gasteiger partial charge in [0.2, 0.25) is 11.8 Å². The number of nitrogens with zero attached hydrogens (tertiary/aromatic N) is 2. The van der Waals surface area contributed by atoms with Crippen LogP contribution in [0.15, 0.2) is 53.7 Å². The number of carbonyl (C=O) groups is 3. The Hall–Kier alpha value is -2.56. The van der Waals surface area contributed by atoms with E-state index in [2.05, 4.69) is 10.3 Å². The summed E-state index contributed by atoms with van der Waals surface area (Å²) in [4.78, 5) is 43.4. The Bertz CT molecular complexity index is 1010. The van der Waals surface area contributed by atoms with Gasteiger partial charge >= 0.3 is 5.97 Å². The number of rotatable bonds is 7. The molecule has 2 aromatic rings. The number of amides is 2. The fourth-order valence-corrected chi connectivity index (χ4v) is 6.55. The van der Waals surface area contributed by atoms with Gasteiger partial charge in [-0.3, -0.25) is 19.4 Å². The molecule has 162 valence electrons. The van der Waals surface area contributed by atoms with Crippen LogP contribution < -0.4 is 5.32 Å². The van der Waals surface area contributed by atoms with Crippen molar-refractivity contribution in [1.82, 2.24) is 15.2 Å². The lowest BCUT2D eigenvalue weighted by atomic mass is 10.0. The topological polar surface area (TPSA) is 120 Å². The van der Waals surface area contributed by atoms with Gasteiger partial charge < -0.3 is 20.4 Å². The lowest BCUT2D eigenvalue weighted by Crippen LogP contribution is -2.74. The number of hydrogen-bond donors (Lipinski definition) is 3. The first kappa shape index (κ1) is 21.7. The Morgan fingerprint density at radius 2 is 2.06 bits per heavy atom. The molecule has 1 unspecified atom stereocenters. The molecule has 0 saturated carbocycles. The highest BCUT2D eigenvalue weighted by Gasteiger charge is 2.58. The molecule has 3 N–H and O–H groups in total. The van der Waals surface area contributed by atoms with Crippen molar-refractivity contribution in [1.29, 1.82) is 0 Å². The second-order valence-electron chi connectivity index (χ2n) is 7.42. The summed E-state index contributed by atoms with van der Waals surface area (Å²) in [7, 11) is 0. The van der Waals surface area contributed by atoms with Gasteiger partial charge in [-0.25, -0.2) is 0 Å². The molecule has 2 aliphatic heterocycles. The number of aliphatic carboxylic acids is 1. The van der Waals surface area contributed by atoms with Gasteiger partial charge in [-0.2, -0.15) is 0 Å². The monoisotopic (exact) mass is 459 g/mol. The molecule has 2 aliphatic rings. The van der Waals surface area contributed by atoms with Crippen molar-refractivity contribution in [3.05, 3.63) is 59.9 Å². The van der Waals surface area contributed by atoms with E-state index in [1.807, 2.05) is 30.3 Å². The fourth-order valence-electron chi connectivity index (χ4n) is 3.64. The zero-order chi connectivity index (χ0) is 22.0. The zero-order valence-electron chi connectivity index (χ0n) is 16.4. The molecule has 3 atom stereocenters. The van der Waals surface area contributed by atoms with E-state index in [0.717, 1.165) is 17.3 Å². The summed E-state index contributed by atoms with van der Waals surface area (Å²) in [6.07, 6.45) is 3.23. The highest BCUT2D eigenvalue weighted by molar-refractivity contribution is 8.05. The summed E-state index contributed by atoms with van der Waals surface area (Å²) in [5.74, 6) is -1.27. The molecule has 0 spiro atoms. The minimum Gasteiger partial charge on any atom is -0.480 e. The summed E-state index contributed by atoms with van der Waals surface area (Å²) < 4.78 is -1.25. The maximum absolute atomic E-state index is 12.7. The summed E-state index contributed by atoms with van der Waals surface area (Å²) in [5, 5.41) is 22.0. The van der Waals surface area contributed by atoms with E-state index in [4.69, 9.17) is 0 Å². The highest BCUT2D eigenvalue weighted by Crippen LogP contribution is 2.46. The Morgan fingerprint density at radius 3 is 2.77 bits per heavy atom. The Labute approximate surface area is 187 Å². The largest absolute Gasteiger partial charge is 0.480 e. The van der Waals surface area contributed by atoms with Crippen LogP contribution in [0.3, 0.4) is 0 Å². The molecule has 2 fully saturated rings. The minimum atomic E-state index is -1.25. The SMILES string of the molecule is O=C(Cc1ccccc1)N[C@@H]1C(=O)N2CC(Sc3ccncc3CO)(C(=O)O)CS[C@H]12. The van der Waals surface area contributed by atoms with E-state index in [1.165, 1.54) is 22.9 Å². The molecular formula is C21H21N3O5S2.